The number of rotatable bonds is 13. The van der Waals surface area contributed by atoms with E-state index in [2.05, 4.69) is 20.3 Å². The van der Waals surface area contributed by atoms with Gasteiger partial charge in [-0.2, -0.15) is 4.98 Å². The standard InChI is InChI=1S/C32H30Cl2N4O8/c33-22-10-9-20(11-21(22)31(44)45)46-32-36-24-12-23(34)27(37-30(24)38-32)19-7-5-18(6-8-19)17-3-1-16(2-4-17)13-35-14-25(40)28(42)29(43)26(41)15-39/h1-12,25-26,28-29,35,39-43H,13-15H2,(H,44,45)(H,36,37,38). The number of carboxylic acids is 1. The van der Waals surface area contributed by atoms with Crippen molar-refractivity contribution in [1.82, 2.24) is 20.3 Å². The Morgan fingerprint density at radius 3 is 2.11 bits per heavy atom. The molecule has 240 valence electrons. The third-order valence-electron chi connectivity index (χ3n) is 7.24. The quantitative estimate of drug-likeness (QED) is 0.0911. The molecule has 0 radical (unpaired) electrons. The van der Waals surface area contributed by atoms with Gasteiger partial charge in [0.25, 0.3) is 0 Å². The number of aliphatic hydroxyl groups excluding tert-OH is 5. The number of nitrogens with zero attached hydrogens (tertiary/aromatic N) is 2. The van der Waals surface area contributed by atoms with Gasteiger partial charge in [-0.05, 0) is 41.0 Å². The van der Waals surface area contributed by atoms with Crippen molar-refractivity contribution in [3.05, 3.63) is 94.0 Å². The Kier molecular flexibility index (Phi) is 10.5. The average molecular weight is 670 g/mol. The summed E-state index contributed by atoms with van der Waals surface area (Å²) in [7, 11) is 0. The van der Waals surface area contributed by atoms with Crippen molar-refractivity contribution in [2.45, 2.75) is 31.0 Å². The highest BCUT2D eigenvalue weighted by Gasteiger charge is 2.29. The molecule has 0 aliphatic heterocycles. The topological polar surface area (TPSA) is 201 Å². The maximum atomic E-state index is 11.4. The number of aromatic nitrogens is 3. The summed E-state index contributed by atoms with van der Waals surface area (Å²) in [6.45, 7) is -0.385. The van der Waals surface area contributed by atoms with Crippen molar-refractivity contribution in [3.8, 4) is 34.1 Å². The third-order valence-corrected chi connectivity index (χ3v) is 7.86. The number of hydrogen-bond donors (Lipinski definition) is 8. The summed E-state index contributed by atoms with van der Waals surface area (Å²) in [6.07, 6.45) is -6.18. The molecule has 0 bridgehead atoms. The van der Waals surface area contributed by atoms with Crippen molar-refractivity contribution < 1.29 is 40.2 Å². The van der Waals surface area contributed by atoms with Gasteiger partial charge >= 0.3 is 12.0 Å². The van der Waals surface area contributed by atoms with E-state index in [4.69, 9.17) is 33.0 Å². The molecule has 2 aromatic heterocycles. The molecule has 0 saturated carbocycles. The number of hydrogen-bond acceptors (Lipinski definition) is 10. The number of pyridine rings is 1. The van der Waals surface area contributed by atoms with Crippen LogP contribution in [0, 0.1) is 0 Å². The van der Waals surface area contributed by atoms with E-state index in [0.717, 1.165) is 22.3 Å². The fourth-order valence-electron chi connectivity index (χ4n) is 4.67. The lowest BCUT2D eigenvalue weighted by atomic mass is 10.0. The summed E-state index contributed by atoms with van der Waals surface area (Å²) >= 11 is 12.5. The van der Waals surface area contributed by atoms with E-state index in [1.54, 1.807) is 6.07 Å². The highest BCUT2D eigenvalue weighted by Crippen LogP contribution is 2.32. The van der Waals surface area contributed by atoms with Gasteiger partial charge in [-0.3, -0.25) is 0 Å². The lowest BCUT2D eigenvalue weighted by molar-refractivity contribution is -0.114. The van der Waals surface area contributed by atoms with Crippen LogP contribution in [0.3, 0.4) is 0 Å². The normalized spacial score (nSPS) is 14.2. The molecular formula is C32H30Cl2N4O8. The van der Waals surface area contributed by atoms with E-state index >= 15 is 0 Å². The van der Waals surface area contributed by atoms with Crippen LogP contribution in [0.5, 0.6) is 11.8 Å². The highest BCUT2D eigenvalue weighted by molar-refractivity contribution is 6.34. The lowest BCUT2D eigenvalue weighted by Gasteiger charge is -2.25. The highest BCUT2D eigenvalue weighted by atomic mass is 35.5. The van der Waals surface area contributed by atoms with Crippen molar-refractivity contribution in [2.24, 2.45) is 0 Å². The van der Waals surface area contributed by atoms with E-state index in [1.807, 2.05) is 48.5 Å². The number of carboxylic acid groups (broad SMARTS) is 1. The molecule has 0 fully saturated rings. The lowest BCUT2D eigenvalue weighted by Crippen LogP contribution is -2.48. The first-order valence-corrected chi connectivity index (χ1v) is 14.8. The Morgan fingerprint density at radius 1 is 0.826 bits per heavy atom. The smallest absolute Gasteiger partial charge is 0.337 e. The summed E-state index contributed by atoms with van der Waals surface area (Å²) in [6, 6.07) is 21.4. The number of benzene rings is 3. The van der Waals surface area contributed by atoms with E-state index in [1.165, 1.54) is 18.2 Å². The summed E-state index contributed by atoms with van der Waals surface area (Å²) in [4.78, 5) is 23.3. The number of aromatic amines is 1. The van der Waals surface area contributed by atoms with Gasteiger partial charge in [0, 0.05) is 18.7 Å². The minimum atomic E-state index is -1.67. The van der Waals surface area contributed by atoms with E-state index in [0.29, 0.717) is 28.4 Å². The molecule has 0 aliphatic carbocycles. The Bertz CT molecular complexity index is 1820. The summed E-state index contributed by atoms with van der Waals surface area (Å²) < 4.78 is 5.71. The fourth-order valence-corrected chi connectivity index (χ4v) is 5.13. The summed E-state index contributed by atoms with van der Waals surface area (Å²) in [5.41, 5.74) is 4.91. The first kappa shape index (κ1) is 33.3. The number of halogens is 2. The molecule has 5 aromatic rings. The molecule has 0 spiro atoms. The monoisotopic (exact) mass is 668 g/mol. The largest absolute Gasteiger partial charge is 0.478 e. The maximum Gasteiger partial charge on any atom is 0.337 e. The molecule has 8 N–H and O–H groups in total. The minimum absolute atomic E-state index is 0.0371. The number of aromatic carboxylic acids is 1. The minimum Gasteiger partial charge on any atom is -0.478 e. The van der Waals surface area contributed by atoms with Crippen LogP contribution in [-0.4, -0.2) is 89.1 Å². The van der Waals surface area contributed by atoms with Crippen molar-refractivity contribution in [1.29, 1.82) is 0 Å². The van der Waals surface area contributed by atoms with E-state index in [9.17, 15) is 30.3 Å². The van der Waals surface area contributed by atoms with Crippen molar-refractivity contribution >= 4 is 40.3 Å². The van der Waals surface area contributed by atoms with Crippen LogP contribution in [0.2, 0.25) is 10.0 Å². The number of aliphatic hydroxyl groups is 5. The molecule has 12 nitrogen and oxygen atoms in total. The second-order valence-electron chi connectivity index (χ2n) is 10.5. The first-order chi connectivity index (χ1) is 22.0. The van der Waals surface area contributed by atoms with Gasteiger partial charge in [0.2, 0.25) is 0 Å². The molecule has 5 rings (SSSR count). The van der Waals surface area contributed by atoms with Crippen LogP contribution in [0.4, 0.5) is 0 Å². The maximum absolute atomic E-state index is 11.4. The van der Waals surface area contributed by atoms with Crippen LogP contribution < -0.4 is 10.1 Å². The van der Waals surface area contributed by atoms with Crippen LogP contribution in [0.15, 0.2) is 72.8 Å². The number of H-pyrrole nitrogens is 1. The van der Waals surface area contributed by atoms with Crippen LogP contribution >= 0.6 is 23.2 Å². The fraction of sp³-hybridized carbons (Fsp3) is 0.219. The summed E-state index contributed by atoms with van der Waals surface area (Å²) in [5.74, 6) is -0.945. The SMILES string of the molecule is O=C(O)c1cc(Oc2nc3nc(-c4ccc(-c5ccc(CNCC(O)C(O)C(O)C(O)CO)cc5)cc4)c(Cl)cc3[nH]2)ccc1Cl. The second kappa shape index (κ2) is 14.5. The predicted octanol–water partition coefficient (Wildman–Crippen LogP) is 3.61. The number of imidazole rings is 1. The molecule has 14 heteroatoms. The Hall–Kier alpha value is -4.11. The van der Waals surface area contributed by atoms with Crippen LogP contribution in [-0.2, 0) is 6.54 Å². The average Bonchev–Trinajstić information content (AvgIpc) is 3.45. The molecule has 4 unspecified atom stereocenters. The zero-order valence-electron chi connectivity index (χ0n) is 24.0. The van der Waals surface area contributed by atoms with Crippen molar-refractivity contribution in [2.75, 3.05) is 13.2 Å². The first-order valence-electron chi connectivity index (χ1n) is 14.0. The molecule has 4 atom stereocenters. The Balaban J connectivity index is 1.22. The molecule has 3 aromatic carbocycles. The molecule has 46 heavy (non-hydrogen) atoms. The third kappa shape index (κ3) is 7.64. The molecule has 0 saturated heterocycles. The molecular weight excluding hydrogens is 639 g/mol. The van der Waals surface area contributed by atoms with Crippen molar-refractivity contribution in [3.63, 3.8) is 0 Å². The predicted molar refractivity (Wildman–Crippen MR) is 171 cm³/mol. The second-order valence-corrected chi connectivity index (χ2v) is 11.3. The van der Waals surface area contributed by atoms with Gasteiger partial charge in [0.05, 0.1) is 39.5 Å². The van der Waals surface area contributed by atoms with Gasteiger partial charge in [-0.15, -0.1) is 0 Å². The van der Waals surface area contributed by atoms with Gasteiger partial charge in [-0.1, -0.05) is 71.7 Å². The Morgan fingerprint density at radius 2 is 1.46 bits per heavy atom. The Labute approximate surface area is 272 Å². The number of fused-ring (bicyclic) bond motifs is 1. The van der Waals surface area contributed by atoms with Gasteiger partial charge in [-0.25, -0.2) is 9.78 Å². The van der Waals surface area contributed by atoms with Gasteiger partial charge < -0.3 is 45.7 Å². The van der Waals surface area contributed by atoms with Crippen LogP contribution in [0.1, 0.15) is 15.9 Å². The zero-order chi connectivity index (χ0) is 33.0. The molecule has 0 amide bonds. The van der Waals surface area contributed by atoms with Gasteiger partial charge in [0.15, 0.2) is 5.65 Å². The number of nitrogens with one attached hydrogen (secondary N) is 2. The van der Waals surface area contributed by atoms with Crippen LogP contribution in [0.25, 0.3) is 33.5 Å². The molecule has 0 aliphatic rings. The summed E-state index contributed by atoms with van der Waals surface area (Å²) in [5, 5.41) is 60.8. The van der Waals surface area contributed by atoms with E-state index < -0.39 is 37.0 Å². The van der Waals surface area contributed by atoms with E-state index in [-0.39, 0.29) is 28.9 Å². The number of carbonyl (C=O) groups is 1. The van der Waals surface area contributed by atoms with Gasteiger partial charge in [0.1, 0.15) is 24.1 Å². The zero-order valence-corrected chi connectivity index (χ0v) is 25.5. The number of ether oxygens (including phenoxy) is 1. The molecule has 2 heterocycles.